The lowest BCUT2D eigenvalue weighted by Gasteiger charge is -2.07. The highest BCUT2D eigenvalue weighted by Gasteiger charge is 2.39. The molecule has 0 spiro atoms. The van der Waals surface area contributed by atoms with Crippen LogP contribution in [0.5, 0.6) is 0 Å². The molecule has 0 radical (unpaired) electrons. The molecule has 24 heavy (non-hydrogen) atoms. The van der Waals surface area contributed by atoms with Crippen LogP contribution in [0.3, 0.4) is 0 Å². The van der Waals surface area contributed by atoms with Gasteiger partial charge < -0.3 is 10.1 Å². The number of benzene rings is 1. The van der Waals surface area contributed by atoms with E-state index in [1.54, 1.807) is 0 Å². The molecule has 3 rings (SSSR count). The summed E-state index contributed by atoms with van der Waals surface area (Å²) in [7, 11) is 1.22. The molecule has 0 aliphatic heterocycles. The average molecular weight is 392 g/mol. The van der Waals surface area contributed by atoms with Gasteiger partial charge in [-0.3, -0.25) is 10.1 Å². The number of rotatable bonds is 5. The van der Waals surface area contributed by atoms with Crippen LogP contribution in [0.2, 0.25) is 0 Å². The van der Waals surface area contributed by atoms with E-state index in [1.807, 2.05) is 24.3 Å². The van der Waals surface area contributed by atoms with Gasteiger partial charge in [-0.2, -0.15) is 0 Å². The number of carbonyl (C=O) groups is 1. The number of anilines is 1. The Morgan fingerprint density at radius 3 is 2.75 bits per heavy atom. The van der Waals surface area contributed by atoms with Crippen LogP contribution in [0.15, 0.2) is 41.0 Å². The lowest BCUT2D eigenvalue weighted by Crippen LogP contribution is -2.10. The van der Waals surface area contributed by atoms with Gasteiger partial charge in [-0.15, -0.1) is 0 Å². The Labute approximate surface area is 146 Å². The van der Waals surface area contributed by atoms with Crippen molar-refractivity contribution in [3.8, 4) is 0 Å². The molecule has 0 saturated heterocycles. The van der Waals surface area contributed by atoms with E-state index in [2.05, 4.69) is 31.0 Å². The maximum absolute atomic E-state index is 11.5. The summed E-state index contributed by atoms with van der Waals surface area (Å²) in [4.78, 5) is 26.2. The van der Waals surface area contributed by atoms with Crippen LogP contribution in [-0.2, 0) is 4.74 Å². The molecule has 1 aliphatic rings. The van der Waals surface area contributed by atoms with Gasteiger partial charge in [0.2, 0.25) is 5.82 Å². The first-order valence-corrected chi connectivity index (χ1v) is 8.03. The highest BCUT2D eigenvalue weighted by atomic mass is 79.9. The zero-order chi connectivity index (χ0) is 17.3. The van der Waals surface area contributed by atoms with Crippen molar-refractivity contribution in [1.29, 1.82) is 0 Å². The van der Waals surface area contributed by atoms with E-state index in [0.717, 1.165) is 10.9 Å². The minimum Gasteiger partial charge on any atom is -0.465 e. The Balaban J connectivity index is 1.77. The van der Waals surface area contributed by atoms with E-state index in [9.17, 15) is 14.9 Å². The molecule has 1 N–H and O–H groups in total. The molecule has 2 atom stereocenters. The molecule has 0 bridgehead atoms. The molecule has 1 fully saturated rings. The first-order chi connectivity index (χ1) is 11.5. The Hall–Kier alpha value is -2.48. The van der Waals surface area contributed by atoms with Gasteiger partial charge in [-0.05, 0) is 24.1 Å². The molecule has 2 aromatic rings. The van der Waals surface area contributed by atoms with E-state index in [0.29, 0.717) is 5.92 Å². The van der Waals surface area contributed by atoms with Crippen molar-refractivity contribution < 1.29 is 14.5 Å². The zero-order valence-electron chi connectivity index (χ0n) is 12.7. The summed E-state index contributed by atoms with van der Waals surface area (Å²) < 4.78 is 5.57. The summed E-state index contributed by atoms with van der Waals surface area (Å²) in [6.07, 6.45) is 2.15. The van der Waals surface area contributed by atoms with Crippen molar-refractivity contribution in [3.05, 3.63) is 62.2 Å². The fourth-order valence-corrected chi connectivity index (χ4v) is 2.81. The summed E-state index contributed by atoms with van der Waals surface area (Å²) in [6, 6.07) is 9.25. The largest absolute Gasteiger partial charge is 0.465 e. The van der Waals surface area contributed by atoms with E-state index in [-0.39, 0.29) is 23.1 Å². The number of hydrogen-bond acceptors (Lipinski definition) is 6. The third-order valence-electron chi connectivity index (χ3n) is 3.90. The summed E-state index contributed by atoms with van der Waals surface area (Å²) >= 11 is 3.40. The monoisotopic (exact) mass is 391 g/mol. The molecular weight excluding hydrogens is 378 g/mol. The fraction of sp³-hybridized carbons (Fsp3) is 0.250. The van der Waals surface area contributed by atoms with E-state index in [4.69, 9.17) is 0 Å². The Morgan fingerprint density at radius 1 is 1.42 bits per heavy atom. The zero-order valence-corrected chi connectivity index (χ0v) is 14.3. The van der Waals surface area contributed by atoms with Crippen LogP contribution in [0.4, 0.5) is 11.5 Å². The normalized spacial score (nSPS) is 18.8. The number of nitrogens with one attached hydrogen (secondary N) is 1. The summed E-state index contributed by atoms with van der Waals surface area (Å²) in [5.74, 6) is -0.201. The number of nitrogens with zero attached hydrogens (tertiary/aromatic N) is 2. The van der Waals surface area contributed by atoms with Crippen molar-refractivity contribution >= 4 is 33.4 Å². The van der Waals surface area contributed by atoms with Crippen LogP contribution in [0.25, 0.3) is 0 Å². The maximum Gasteiger partial charge on any atom is 0.339 e. The molecule has 1 heterocycles. The number of halogens is 1. The highest BCUT2D eigenvalue weighted by molar-refractivity contribution is 9.10. The SMILES string of the molecule is COC(=O)c1cnc(NC2CC2c2ccc(Br)cc2)c([N+](=O)[O-])c1. The molecule has 8 heteroatoms. The summed E-state index contributed by atoms with van der Waals surface area (Å²) in [5, 5.41) is 14.3. The average Bonchev–Trinajstić information content (AvgIpc) is 3.34. The second-order valence-corrected chi connectivity index (χ2v) is 6.40. The topological polar surface area (TPSA) is 94.4 Å². The number of aromatic nitrogens is 1. The van der Waals surface area contributed by atoms with E-state index >= 15 is 0 Å². The molecule has 2 unspecified atom stereocenters. The third kappa shape index (κ3) is 3.38. The fourth-order valence-electron chi connectivity index (χ4n) is 2.54. The van der Waals surface area contributed by atoms with Crippen molar-refractivity contribution in [3.63, 3.8) is 0 Å². The number of carbonyl (C=O) groups excluding carboxylic acids is 1. The van der Waals surface area contributed by atoms with Crippen molar-refractivity contribution in [2.45, 2.75) is 18.4 Å². The molecule has 7 nitrogen and oxygen atoms in total. The molecule has 1 saturated carbocycles. The number of pyridine rings is 1. The van der Waals surface area contributed by atoms with Crippen molar-refractivity contribution in [2.24, 2.45) is 0 Å². The van der Waals surface area contributed by atoms with Gasteiger partial charge in [0.25, 0.3) is 0 Å². The maximum atomic E-state index is 11.5. The lowest BCUT2D eigenvalue weighted by atomic mass is 10.1. The van der Waals surface area contributed by atoms with Gasteiger partial charge in [0.15, 0.2) is 0 Å². The van der Waals surface area contributed by atoms with Crippen molar-refractivity contribution in [2.75, 3.05) is 12.4 Å². The molecule has 1 aliphatic carbocycles. The van der Waals surface area contributed by atoms with Crippen LogP contribution < -0.4 is 5.32 Å². The summed E-state index contributed by atoms with van der Waals surface area (Å²) in [5.41, 5.74) is 0.985. The molecule has 0 amide bonds. The van der Waals surface area contributed by atoms with Crippen molar-refractivity contribution in [1.82, 2.24) is 4.98 Å². The standard InChI is InChI=1S/C16H14BrN3O4/c1-24-16(21)10-6-14(20(22)23)15(18-8-10)19-13-7-12(13)9-2-4-11(17)5-3-9/h2-6,8,12-13H,7H2,1H3,(H,18,19). The van der Waals surface area contributed by atoms with E-state index < -0.39 is 10.9 Å². The predicted molar refractivity (Wildman–Crippen MR) is 91.1 cm³/mol. The smallest absolute Gasteiger partial charge is 0.339 e. The van der Waals surface area contributed by atoms with Crippen LogP contribution in [0.1, 0.15) is 28.3 Å². The number of hydrogen-bond donors (Lipinski definition) is 1. The Morgan fingerprint density at radius 2 is 2.12 bits per heavy atom. The minimum absolute atomic E-state index is 0.0509. The number of nitro groups is 1. The third-order valence-corrected chi connectivity index (χ3v) is 4.42. The molecule has 124 valence electrons. The van der Waals surface area contributed by atoms with Crippen LogP contribution in [-0.4, -0.2) is 29.0 Å². The second kappa shape index (κ2) is 6.56. The van der Waals surface area contributed by atoms with Gasteiger partial charge in [0, 0.05) is 28.7 Å². The van der Waals surface area contributed by atoms with E-state index in [1.165, 1.54) is 24.9 Å². The first kappa shape index (κ1) is 16.4. The van der Waals surface area contributed by atoms with Gasteiger partial charge in [0.1, 0.15) is 0 Å². The van der Waals surface area contributed by atoms with Gasteiger partial charge in [0.05, 0.1) is 17.6 Å². The Kier molecular flexibility index (Phi) is 4.48. The van der Waals surface area contributed by atoms with Gasteiger partial charge >= 0.3 is 11.7 Å². The minimum atomic E-state index is -0.656. The predicted octanol–water partition coefficient (Wildman–Crippen LogP) is 3.51. The second-order valence-electron chi connectivity index (χ2n) is 5.48. The Bertz CT molecular complexity index is 794. The number of esters is 1. The molecule has 1 aromatic carbocycles. The first-order valence-electron chi connectivity index (χ1n) is 7.24. The van der Waals surface area contributed by atoms with Gasteiger partial charge in [-0.25, -0.2) is 9.78 Å². The number of ether oxygens (including phenoxy) is 1. The van der Waals surface area contributed by atoms with Crippen LogP contribution >= 0.6 is 15.9 Å². The molecular formula is C16H14BrN3O4. The van der Waals surface area contributed by atoms with Gasteiger partial charge in [-0.1, -0.05) is 28.1 Å². The summed E-state index contributed by atoms with van der Waals surface area (Å²) in [6.45, 7) is 0. The molecule has 1 aromatic heterocycles. The quantitative estimate of drug-likeness (QED) is 0.476. The van der Waals surface area contributed by atoms with Crippen LogP contribution in [0, 0.1) is 10.1 Å². The number of methoxy groups -OCH3 is 1. The highest BCUT2D eigenvalue weighted by Crippen LogP contribution is 2.43. The lowest BCUT2D eigenvalue weighted by molar-refractivity contribution is -0.384.